The Morgan fingerprint density at radius 1 is 1.17 bits per heavy atom. The smallest absolute Gasteiger partial charge is 0.416 e. The fraction of sp³-hybridized carbons (Fsp3) is 0.240. The van der Waals surface area contributed by atoms with E-state index in [4.69, 9.17) is 10.00 Å². The van der Waals surface area contributed by atoms with Crippen molar-refractivity contribution in [3.05, 3.63) is 83.1 Å². The normalized spacial score (nSPS) is 11.3. The summed E-state index contributed by atoms with van der Waals surface area (Å²) in [7, 11) is 0. The van der Waals surface area contributed by atoms with Crippen LogP contribution in [0.25, 0.3) is 11.0 Å². The Morgan fingerprint density at radius 3 is 2.66 bits per heavy atom. The van der Waals surface area contributed by atoms with Crippen LogP contribution in [0.5, 0.6) is 0 Å². The Hall–Kier alpha value is -4.39. The van der Waals surface area contributed by atoms with Gasteiger partial charge in [-0.2, -0.15) is 9.65 Å². The zero-order chi connectivity index (χ0) is 25.2. The quantitative estimate of drug-likeness (QED) is 0.405. The molecule has 8 nitrogen and oxygen atoms in total. The summed E-state index contributed by atoms with van der Waals surface area (Å²) in [5, 5.41) is 9.85. The SMILES string of the molecule is CC(C)(C)OC(=O)N(Cc1cncc(F)c1)c1ccc(Cc2c[nH]c3ncc(C#N)cc23)c(F)n1. The molecule has 0 aliphatic rings. The zero-order valence-electron chi connectivity index (χ0n) is 19.3. The van der Waals surface area contributed by atoms with Gasteiger partial charge in [-0.3, -0.25) is 9.88 Å². The molecule has 0 fully saturated rings. The van der Waals surface area contributed by atoms with Crippen LogP contribution in [-0.4, -0.2) is 31.6 Å². The van der Waals surface area contributed by atoms with Crippen molar-refractivity contribution < 1.29 is 18.3 Å². The number of pyridine rings is 3. The highest BCUT2D eigenvalue weighted by atomic mass is 19.1. The first-order valence-electron chi connectivity index (χ1n) is 10.7. The van der Waals surface area contributed by atoms with E-state index in [2.05, 4.69) is 19.9 Å². The number of ether oxygens (including phenoxy) is 1. The van der Waals surface area contributed by atoms with Crippen LogP contribution in [-0.2, 0) is 17.7 Å². The number of hydrogen-bond donors (Lipinski definition) is 1. The maximum Gasteiger partial charge on any atom is 0.416 e. The van der Waals surface area contributed by atoms with E-state index in [-0.39, 0.29) is 24.3 Å². The number of halogens is 2. The van der Waals surface area contributed by atoms with Gasteiger partial charge in [-0.1, -0.05) is 6.07 Å². The summed E-state index contributed by atoms with van der Waals surface area (Å²) < 4.78 is 34.2. The van der Waals surface area contributed by atoms with Crippen molar-refractivity contribution in [2.75, 3.05) is 4.90 Å². The van der Waals surface area contributed by atoms with Gasteiger partial charge in [0.1, 0.15) is 29.0 Å². The van der Waals surface area contributed by atoms with E-state index >= 15 is 4.39 Å². The molecule has 0 saturated heterocycles. The number of nitrogens with one attached hydrogen (secondary N) is 1. The largest absolute Gasteiger partial charge is 0.443 e. The van der Waals surface area contributed by atoms with Crippen molar-refractivity contribution in [3.63, 3.8) is 0 Å². The minimum Gasteiger partial charge on any atom is -0.443 e. The summed E-state index contributed by atoms with van der Waals surface area (Å²) in [6.45, 7) is 5.00. The van der Waals surface area contributed by atoms with Crippen LogP contribution in [0.15, 0.2) is 49.1 Å². The molecular formula is C25H22F2N6O2. The molecule has 1 N–H and O–H groups in total. The number of fused-ring (bicyclic) bond motifs is 1. The van der Waals surface area contributed by atoms with Crippen LogP contribution in [0.2, 0.25) is 0 Å². The van der Waals surface area contributed by atoms with Crippen molar-refractivity contribution in [2.24, 2.45) is 0 Å². The van der Waals surface area contributed by atoms with E-state index in [0.717, 1.165) is 16.7 Å². The van der Waals surface area contributed by atoms with E-state index in [9.17, 15) is 9.18 Å². The lowest BCUT2D eigenvalue weighted by Crippen LogP contribution is -2.37. The van der Waals surface area contributed by atoms with Crippen molar-refractivity contribution in [2.45, 2.75) is 39.3 Å². The molecular weight excluding hydrogens is 454 g/mol. The van der Waals surface area contributed by atoms with Crippen LogP contribution in [0, 0.1) is 23.1 Å². The molecule has 0 spiro atoms. The summed E-state index contributed by atoms with van der Waals surface area (Å²) >= 11 is 0. The molecule has 10 heteroatoms. The van der Waals surface area contributed by atoms with Crippen LogP contribution in [0.4, 0.5) is 19.4 Å². The van der Waals surface area contributed by atoms with Gasteiger partial charge in [0.05, 0.1) is 18.3 Å². The summed E-state index contributed by atoms with van der Waals surface area (Å²) in [6.07, 6.45) is 5.05. The van der Waals surface area contributed by atoms with Gasteiger partial charge in [-0.25, -0.2) is 19.2 Å². The molecule has 4 aromatic rings. The number of nitrogens with zero attached hydrogens (tertiary/aromatic N) is 5. The van der Waals surface area contributed by atoms with Gasteiger partial charge in [0, 0.05) is 36.0 Å². The molecule has 0 bridgehead atoms. The van der Waals surface area contributed by atoms with Crippen LogP contribution < -0.4 is 4.90 Å². The Bertz CT molecular complexity index is 1440. The molecule has 0 saturated carbocycles. The molecule has 0 atom stereocenters. The number of H-pyrrole nitrogens is 1. The minimum atomic E-state index is -0.806. The highest BCUT2D eigenvalue weighted by Gasteiger charge is 2.26. The molecule has 4 heterocycles. The van der Waals surface area contributed by atoms with E-state index in [0.29, 0.717) is 22.2 Å². The molecule has 0 aliphatic heterocycles. The maximum absolute atomic E-state index is 15.1. The number of aromatic nitrogens is 4. The molecule has 178 valence electrons. The second-order valence-electron chi connectivity index (χ2n) is 8.92. The highest BCUT2D eigenvalue weighted by Crippen LogP contribution is 2.25. The van der Waals surface area contributed by atoms with Crippen molar-refractivity contribution in [3.8, 4) is 6.07 Å². The lowest BCUT2D eigenvalue weighted by molar-refractivity contribution is 0.0576. The average Bonchev–Trinajstić information content (AvgIpc) is 3.19. The summed E-state index contributed by atoms with van der Waals surface area (Å²) in [6, 6.07) is 7.99. The number of carbonyl (C=O) groups excluding carboxylic acids is 1. The highest BCUT2D eigenvalue weighted by molar-refractivity contribution is 5.86. The average molecular weight is 476 g/mol. The minimum absolute atomic E-state index is 0.0112. The number of nitriles is 1. The van der Waals surface area contributed by atoms with Crippen LogP contribution in [0.1, 0.15) is 43.0 Å². The van der Waals surface area contributed by atoms with Gasteiger partial charge in [0.2, 0.25) is 5.95 Å². The second-order valence-corrected chi connectivity index (χ2v) is 8.92. The lowest BCUT2D eigenvalue weighted by atomic mass is 10.1. The summed E-state index contributed by atoms with van der Waals surface area (Å²) in [5.74, 6) is -1.32. The van der Waals surface area contributed by atoms with Crippen LogP contribution >= 0.6 is 0 Å². The summed E-state index contributed by atoms with van der Waals surface area (Å²) in [4.78, 5) is 29.0. The Morgan fingerprint density at radius 2 is 1.97 bits per heavy atom. The van der Waals surface area contributed by atoms with Gasteiger partial charge < -0.3 is 9.72 Å². The molecule has 35 heavy (non-hydrogen) atoms. The zero-order valence-corrected chi connectivity index (χ0v) is 19.3. The third kappa shape index (κ3) is 5.58. The van der Waals surface area contributed by atoms with Crippen LogP contribution in [0.3, 0.4) is 0 Å². The van der Waals surface area contributed by atoms with E-state index in [1.54, 1.807) is 33.0 Å². The Kier molecular flexibility index (Phi) is 6.42. The third-order valence-corrected chi connectivity index (χ3v) is 5.03. The van der Waals surface area contributed by atoms with Gasteiger partial charge in [-0.05, 0) is 50.1 Å². The fourth-order valence-corrected chi connectivity index (χ4v) is 3.49. The van der Waals surface area contributed by atoms with Crippen molar-refractivity contribution >= 4 is 22.9 Å². The topological polar surface area (TPSA) is 108 Å². The second kappa shape index (κ2) is 9.46. The summed E-state index contributed by atoms with van der Waals surface area (Å²) in [5.41, 5.74) is 1.60. The third-order valence-electron chi connectivity index (χ3n) is 5.03. The molecule has 4 aromatic heterocycles. The van der Waals surface area contributed by atoms with Crippen molar-refractivity contribution in [1.82, 2.24) is 19.9 Å². The van der Waals surface area contributed by atoms with E-state index in [1.165, 1.54) is 30.6 Å². The first-order chi connectivity index (χ1) is 16.6. The van der Waals surface area contributed by atoms with E-state index < -0.39 is 23.5 Å². The predicted molar refractivity (Wildman–Crippen MR) is 124 cm³/mol. The molecule has 0 radical (unpaired) electrons. The molecule has 4 rings (SSSR count). The fourth-order valence-electron chi connectivity index (χ4n) is 3.49. The Labute approximate surface area is 200 Å². The van der Waals surface area contributed by atoms with Gasteiger partial charge in [-0.15, -0.1) is 0 Å². The van der Waals surface area contributed by atoms with E-state index in [1.807, 2.05) is 6.07 Å². The Balaban J connectivity index is 1.65. The van der Waals surface area contributed by atoms with Gasteiger partial charge in [0.25, 0.3) is 0 Å². The number of aromatic amines is 1. The predicted octanol–water partition coefficient (Wildman–Crippen LogP) is 5.04. The number of carbonyl (C=O) groups is 1. The molecule has 1 amide bonds. The number of anilines is 1. The number of amides is 1. The standard InChI is InChI=1S/C25H22F2N6O2/c1-25(2,3)35-24(34)33(14-16-6-19(26)13-29-10-16)21-5-4-17(22(27)32-21)8-18-12-31-23-20(18)7-15(9-28)11-30-23/h4-7,10-13H,8,14H2,1-3H3,(H,30,31). The molecule has 0 unspecified atom stereocenters. The van der Waals surface area contributed by atoms with Gasteiger partial charge in [0.15, 0.2) is 0 Å². The van der Waals surface area contributed by atoms with Gasteiger partial charge >= 0.3 is 6.09 Å². The van der Waals surface area contributed by atoms with Crippen molar-refractivity contribution in [1.29, 1.82) is 5.26 Å². The number of rotatable bonds is 5. The monoisotopic (exact) mass is 476 g/mol. The number of hydrogen-bond acceptors (Lipinski definition) is 6. The first-order valence-corrected chi connectivity index (χ1v) is 10.7. The molecule has 0 aliphatic carbocycles. The first kappa shape index (κ1) is 23.8. The molecule has 0 aromatic carbocycles. The maximum atomic E-state index is 15.1. The lowest BCUT2D eigenvalue weighted by Gasteiger charge is -2.27.